The summed E-state index contributed by atoms with van der Waals surface area (Å²) < 4.78 is 13.5. The number of benzene rings is 1. The number of urea groups is 1. The van der Waals surface area contributed by atoms with Gasteiger partial charge in [-0.1, -0.05) is 18.2 Å². The van der Waals surface area contributed by atoms with Crippen molar-refractivity contribution in [2.24, 2.45) is 5.73 Å². The van der Waals surface area contributed by atoms with Crippen LogP contribution in [0.4, 0.5) is 9.18 Å². The van der Waals surface area contributed by atoms with Crippen molar-refractivity contribution in [3.05, 3.63) is 58.0 Å². The average Bonchev–Trinajstić information content (AvgIpc) is 3.12. The zero-order valence-corrected chi connectivity index (χ0v) is 14.6. The van der Waals surface area contributed by atoms with Crippen LogP contribution >= 0.6 is 11.3 Å². The molecule has 0 aliphatic rings. The zero-order chi connectivity index (χ0) is 18.9. The van der Waals surface area contributed by atoms with Gasteiger partial charge in [0.25, 0.3) is 5.91 Å². The number of nitrogens with two attached hydrogens (primary N) is 1. The van der Waals surface area contributed by atoms with Crippen molar-refractivity contribution < 1.29 is 18.8 Å². The fourth-order valence-corrected chi connectivity index (χ4v) is 3.04. The van der Waals surface area contributed by atoms with Gasteiger partial charge in [0.15, 0.2) is 0 Å². The third-order valence-corrected chi connectivity index (χ3v) is 4.43. The second-order valence-corrected chi connectivity index (χ2v) is 6.35. The Labute approximate surface area is 153 Å². The molecule has 1 aromatic carbocycles. The second kappa shape index (κ2) is 9.52. The molecule has 4 amide bonds. The molecule has 5 N–H and O–H groups in total. The molecule has 2 rings (SSSR count). The minimum absolute atomic E-state index is 0.0186. The van der Waals surface area contributed by atoms with Crippen LogP contribution in [0.3, 0.4) is 0 Å². The molecule has 138 valence electrons. The zero-order valence-electron chi connectivity index (χ0n) is 13.8. The number of thiophene rings is 1. The van der Waals surface area contributed by atoms with Gasteiger partial charge in [-0.2, -0.15) is 0 Å². The van der Waals surface area contributed by atoms with Crippen molar-refractivity contribution in [1.82, 2.24) is 16.0 Å². The van der Waals surface area contributed by atoms with Gasteiger partial charge in [0.1, 0.15) is 5.82 Å². The van der Waals surface area contributed by atoms with Crippen LogP contribution in [0, 0.1) is 5.82 Å². The smallest absolute Gasteiger partial charge is 0.312 e. The first-order valence-electron chi connectivity index (χ1n) is 7.86. The Balaban J connectivity index is 1.76. The van der Waals surface area contributed by atoms with E-state index in [-0.39, 0.29) is 31.0 Å². The van der Waals surface area contributed by atoms with Crippen LogP contribution in [0.5, 0.6) is 0 Å². The first-order valence-corrected chi connectivity index (χ1v) is 8.74. The Kier molecular flexibility index (Phi) is 7.10. The van der Waals surface area contributed by atoms with E-state index in [1.165, 1.54) is 29.5 Å². The number of carbonyl (C=O) groups is 3. The first-order chi connectivity index (χ1) is 12.5. The Morgan fingerprint density at radius 1 is 1.08 bits per heavy atom. The summed E-state index contributed by atoms with van der Waals surface area (Å²) in [4.78, 5) is 35.8. The molecule has 1 heterocycles. The topological polar surface area (TPSA) is 113 Å². The molecule has 0 spiro atoms. The van der Waals surface area contributed by atoms with Gasteiger partial charge >= 0.3 is 6.03 Å². The molecule has 2 aromatic rings. The van der Waals surface area contributed by atoms with E-state index >= 15 is 0 Å². The molecule has 9 heteroatoms. The lowest BCUT2D eigenvalue weighted by molar-refractivity contribution is -0.121. The number of halogens is 1. The second-order valence-electron chi connectivity index (χ2n) is 5.37. The monoisotopic (exact) mass is 378 g/mol. The van der Waals surface area contributed by atoms with Gasteiger partial charge in [-0.25, -0.2) is 9.18 Å². The Bertz CT molecular complexity index is 767. The predicted molar refractivity (Wildman–Crippen MR) is 96.1 cm³/mol. The third kappa shape index (κ3) is 5.85. The molecule has 0 aliphatic carbocycles. The van der Waals surface area contributed by atoms with E-state index in [0.29, 0.717) is 0 Å². The highest BCUT2D eigenvalue weighted by Gasteiger charge is 2.18. The van der Waals surface area contributed by atoms with Crippen molar-refractivity contribution in [3.63, 3.8) is 0 Å². The summed E-state index contributed by atoms with van der Waals surface area (Å²) in [6.07, 6.45) is 0.0186. The molecular weight excluding hydrogens is 359 g/mol. The van der Waals surface area contributed by atoms with Crippen molar-refractivity contribution in [2.75, 3.05) is 13.1 Å². The van der Waals surface area contributed by atoms with Crippen LogP contribution in [-0.4, -0.2) is 30.9 Å². The molecule has 1 unspecified atom stereocenters. The molecule has 1 aromatic heterocycles. The molecule has 0 saturated carbocycles. The summed E-state index contributed by atoms with van der Waals surface area (Å²) in [7, 11) is 0. The lowest BCUT2D eigenvalue weighted by atomic mass is 10.1. The van der Waals surface area contributed by atoms with Gasteiger partial charge in [0, 0.05) is 18.0 Å². The van der Waals surface area contributed by atoms with Gasteiger partial charge in [-0.05, 0) is 23.6 Å². The summed E-state index contributed by atoms with van der Waals surface area (Å²) in [6, 6.07) is 8.03. The van der Waals surface area contributed by atoms with Gasteiger partial charge in [0.05, 0.1) is 18.0 Å². The van der Waals surface area contributed by atoms with Crippen LogP contribution in [0.25, 0.3) is 0 Å². The lowest BCUT2D eigenvalue weighted by Crippen LogP contribution is -2.38. The van der Waals surface area contributed by atoms with E-state index in [9.17, 15) is 18.8 Å². The van der Waals surface area contributed by atoms with Crippen molar-refractivity contribution in [2.45, 2.75) is 12.5 Å². The van der Waals surface area contributed by atoms with Crippen LogP contribution in [0.2, 0.25) is 0 Å². The van der Waals surface area contributed by atoms with E-state index in [0.717, 1.165) is 4.88 Å². The molecule has 0 bridgehead atoms. The van der Waals surface area contributed by atoms with Gasteiger partial charge in [0.2, 0.25) is 5.91 Å². The van der Waals surface area contributed by atoms with Crippen molar-refractivity contribution in [3.8, 4) is 0 Å². The molecule has 7 nitrogen and oxygen atoms in total. The Hall–Kier alpha value is -2.94. The highest BCUT2D eigenvalue weighted by atomic mass is 32.1. The number of amides is 4. The average molecular weight is 378 g/mol. The predicted octanol–water partition coefficient (Wildman–Crippen LogP) is 1.53. The van der Waals surface area contributed by atoms with Crippen LogP contribution in [0.1, 0.15) is 27.7 Å². The highest BCUT2D eigenvalue weighted by molar-refractivity contribution is 7.10. The van der Waals surface area contributed by atoms with Gasteiger partial charge in [-0.3, -0.25) is 9.59 Å². The fourth-order valence-electron chi connectivity index (χ4n) is 2.26. The standard InChI is InChI=1S/C17H19FN4O3S/c18-12-5-2-1-4-11(12)16(24)21-8-7-20-15(23)10-13(22-17(19)25)14-6-3-9-26-14/h1-6,9,13H,7-8,10H2,(H,20,23)(H,21,24)(H3,19,22,25). The van der Waals surface area contributed by atoms with Gasteiger partial charge < -0.3 is 21.7 Å². The lowest BCUT2D eigenvalue weighted by Gasteiger charge is -2.16. The number of hydrogen-bond donors (Lipinski definition) is 4. The quantitative estimate of drug-likeness (QED) is 0.523. The number of carbonyl (C=O) groups excluding carboxylic acids is 3. The minimum atomic E-state index is -0.714. The summed E-state index contributed by atoms with van der Waals surface area (Å²) in [5, 5.41) is 9.52. The SMILES string of the molecule is NC(=O)NC(CC(=O)NCCNC(=O)c1ccccc1F)c1cccs1. The molecule has 0 saturated heterocycles. The number of hydrogen-bond acceptors (Lipinski definition) is 4. The van der Waals surface area contributed by atoms with Crippen LogP contribution < -0.4 is 21.7 Å². The normalized spacial score (nSPS) is 11.4. The maximum atomic E-state index is 13.5. The number of rotatable bonds is 8. The summed E-state index contributed by atoms with van der Waals surface area (Å²) in [6.45, 7) is 0.318. The molecule has 0 aliphatic heterocycles. The maximum Gasteiger partial charge on any atom is 0.312 e. The Morgan fingerprint density at radius 3 is 2.46 bits per heavy atom. The van der Waals surface area contributed by atoms with Crippen LogP contribution in [-0.2, 0) is 4.79 Å². The molecule has 26 heavy (non-hydrogen) atoms. The van der Waals surface area contributed by atoms with E-state index in [1.54, 1.807) is 12.1 Å². The largest absolute Gasteiger partial charge is 0.354 e. The van der Waals surface area contributed by atoms with Crippen molar-refractivity contribution in [1.29, 1.82) is 0 Å². The molecule has 0 radical (unpaired) electrons. The molecule has 0 fully saturated rings. The summed E-state index contributed by atoms with van der Waals surface area (Å²) in [5.41, 5.74) is 5.09. The van der Waals surface area contributed by atoms with Crippen LogP contribution in [0.15, 0.2) is 41.8 Å². The molecular formula is C17H19FN4O3S. The third-order valence-electron chi connectivity index (χ3n) is 3.44. The first kappa shape index (κ1) is 19.4. The highest BCUT2D eigenvalue weighted by Crippen LogP contribution is 2.21. The summed E-state index contributed by atoms with van der Waals surface area (Å²) >= 11 is 1.40. The molecule has 1 atom stereocenters. The number of nitrogens with one attached hydrogen (secondary N) is 3. The number of primary amides is 1. The van der Waals surface area contributed by atoms with E-state index in [2.05, 4.69) is 16.0 Å². The van der Waals surface area contributed by atoms with E-state index in [1.807, 2.05) is 11.4 Å². The Morgan fingerprint density at radius 2 is 1.81 bits per heavy atom. The van der Waals surface area contributed by atoms with E-state index in [4.69, 9.17) is 5.73 Å². The summed E-state index contributed by atoms with van der Waals surface area (Å²) in [5.74, 6) is -1.47. The fraction of sp³-hybridized carbons (Fsp3) is 0.235. The van der Waals surface area contributed by atoms with Gasteiger partial charge in [-0.15, -0.1) is 11.3 Å². The van der Waals surface area contributed by atoms with Crippen molar-refractivity contribution >= 4 is 29.2 Å². The minimum Gasteiger partial charge on any atom is -0.354 e. The maximum absolute atomic E-state index is 13.5. The van der Waals surface area contributed by atoms with E-state index < -0.39 is 23.8 Å².